The van der Waals surface area contributed by atoms with Gasteiger partial charge in [0, 0.05) is 16.1 Å². The Bertz CT molecular complexity index is 647. The van der Waals surface area contributed by atoms with Crippen LogP contribution in [0.2, 0.25) is 10.0 Å². The van der Waals surface area contributed by atoms with Gasteiger partial charge in [-0.1, -0.05) is 49.2 Å². The van der Waals surface area contributed by atoms with Gasteiger partial charge in [-0.3, -0.25) is 4.79 Å². The molecule has 0 atom stereocenters. The first-order chi connectivity index (χ1) is 9.56. The molecule has 2 rings (SSSR count). The molecule has 0 spiro atoms. The molecule has 0 heterocycles. The summed E-state index contributed by atoms with van der Waals surface area (Å²) >= 11 is 12.1. The molecule has 1 nitrogen and oxygen atoms in total. The summed E-state index contributed by atoms with van der Waals surface area (Å²) in [5.74, 6) is -0.0651. The highest BCUT2D eigenvalue weighted by molar-refractivity contribution is 6.36. The van der Waals surface area contributed by atoms with Crippen LogP contribution in [0.5, 0.6) is 0 Å². The van der Waals surface area contributed by atoms with Crippen molar-refractivity contribution in [1.29, 1.82) is 0 Å². The Morgan fingerprint density at radius 1 is 0.950 bits per heavy atom. The second-order valence-electron chi connectivity index (χ2n) is 4.65. The van der Waals surface area contributed by atoms with Gasteiger partial charge in [0.1, 0.15) is 0 Å². The molecule has 104 valence electrons. The Kier molecular flexibility index (Phi) is 4.85. The van der Waals surface area contributed by atoms with Crippen molar-refractivity contribution < 1.29 is 4.79 Å². The van der Waals surface area contributed by atoms with E-state index in [-0.39, 0.29) is 5.78 Å². The highest BCUT2D eigenvalue weighted by Crippen LogP contribution is 2.25. The Labute approximate surface area is 129 Å². The van der Waals surface area contributed by atoms with Gasteiger partial charge in [-0.05, 0) is 48.2 Å². The molecule has 0 aliphatic rings. The smallest absolute Gasteiger partial charge is 0.194 e. The number of halogens is 2. The van der Waals surface area contributed by atoms with Crippen molar-refractivity contribution in [2.45, 2.75) is 26.7 Å². The summed E-state index contributed by atoms with van der Waals surface area (Å²) in [6, 6.07) is 11.0. The van der Waals surface area contributed by atoms with Gasteiger partial charge in [-0.15, -0.1) is 0 Å². The summed E-state index contributed by atoms with van der Waals surface area (Å²) in [6.07, 6.45) is 1.71. The molecule has 0 radical (unpaired) electrons. The summed E-state index contributed by atoms with van der Waals surface area (Å²) in [6.45, 7) is 4.11. The Morgan fingerprint density at radius 3 is 2.35 bits per heavy atom. The Hall–Kier alpha value is -1.31. The molecule has 3 heteroatoms. The quantitative estimate of drug-likeness (QED) is 0.696. The minimum Gasteiger partial charge on any atom is -0.289 e. The van der Waals surface area contributed by atoms with Crippen molar-refractivity contribution in [2.24, 2.45) is 0 Å². The summed E-state index contributed by atoms with van der Waals surface area (Å²) in [7, 11) is 0. The van der Waals surface area contributed by atoms with E-state index in [4.69, 9.17) is 23.2 Å². The molecule has 0 N–H and O–H groups in total. The van der Waals surface area contributed by atoms with E-state index in [1.54, 1.807) is 18.2 Å². The fourth-order valence-corrected chi connectivity index (χ4v) is 2.56. The molecular formula is C17H16Cl2O. The van der Waals surface area contributed by atoms with Crippen LogP contribution < -0.4 is 0 Å². The average Bonchev–Trinajstić information content (AvgIpc) is 2.48. The average molecular weight is 307 g/mol. The monoisotopic (exact) mass is 306 g/mol. The normalized spacial score (nSPS) is 10.6. The molecule has 20 heavy (non-hydrogen) atoms. The predicted molar refractivity (Wildman–Crippen MR) is 85.1 cm³/mol. The minimum absolute atomic E-state index is 0.0651. The van der Waals surface area contributed by atoms with Gasteiger partial charge < -0.3 is 0 Å². The van der Waals surface area contributed by atoms with Crippen molar-refractivity contribution >= 4 is 29.0 Å². The highest BCUT2D eigenvalue weighted by Gasteiger charge is 2.16. The fourth-order valence-electron chi connectivity index (χ4n) is 2.18. The number of carbonyl (C=O) groups excluding carboxylic acids is 1. The van der Waals surface area contributed by atoms with Crippen LogP contribution in [-0.4, -0.2) is 5.78 Å². The number of carbonyl (C=O) groups is 1. The maximum atomic E-state index is 12.7. The second kappa shape index (κ2) is 6.43. The number of ketones is 1. The largest absolute Gasteiger partial charge is 0.289 e. The van der Waals surface area contributed by atoms with Crippen LogP contribution in [0.25, 0.3) is 0 Å². The molecule has 0 bridgehead atoms. The molecule has 0 fully saturated rings. The highest BCUT2D eigenvalue weighted by atomic mass is 35.5. The molecular weight excluding hydrogens is 291 g/mol. The van der Waals surface area contributed by atoms with E-state index in [1.165, 1.54) is 0 Å². The van der Waals surface area contributed by atoms with Gasteiger partial charge in [-0.25, -0.2) is 0 Å². The van der Waals surface area contributed by atoms with E-state index >= 15 is 0 Å². The first-order valence-electron chi connectivity index (χ1n) is 6.68. The molecule has 0 aliphatic heterocycles. The zero-order valence-corrected chi connectivity index (χ0v) is 13.1. The molecule has 0 saturated carbocycles. The van der Waals surface area contributed by atoms with Crippen molar-refractivity contribution in [2.75, 3.05) is 0 Å². The lowest BCUT2D eigenvalue weighted by Gasteiger charge is -2.10. The number of hydrogen-bond acceptors (Lipinski definition) is 1. The van der Waals surface area contributed by atoms with E-state index in [9.17, 15) is 4.79 Å². The lowest BCUT2D eigenvalue weighted by molar-refractivity contribution is 0.103. The first kappa shape index (κ1) is 15.1. The van der Waals surface area contributed by atoms with Crippen molar-refractivity contribution in [3.8, 4) is 0 Å². The number of hydrogen-bond donors (Lipinski definition) is 0. The lowest BCUT2D eigenvalue weighted by atomic mass is 9.94. The van der Waals surface area contributed by atoms with Crippen LogP contribution >= 0.6 is 23.2 Å². The van der Waals surface area contributed by atoms with Crippen LogP contribution in [0.3, 0.4) is 0 Å². The summed E-state index contributed by atoms with van der Waals surface area (Å²) in [5, 5.41) is 0.950. The van der Waals surface area contributed by atoms with E-state index in [1.807, 2.05) is 19.1 Å². The van der Waals surface area contributed by atoms with Gasteiger partial charge in [0.2, 0.25) is 0 Å². The van der Waals surface area contributed by atoms with Crippen molar-refractivity contribution in [3.05, 3.63) is 68.7 Å². The van der Waals surface area contributed by atoms with Gasteiger partial charge >= 0.3 is 0 Å². The zero-order chi connectivity index (χ0) is 14.7. The molecule has 0 saturated heterocycles. The Morgan fingerprint density at radius 2 is 1.70 bits per heavy atom. The zero-order valence-electron chi connectivity index (χ0n) is 11.5. The standard InChI is InChI=1S/C17H16Cl2O/c1-3-11-5-6-12(4-2)14(9-11)17(20)15-10-13(18)7-8-16(15)19/h5-10H,3-4H2,1-2H3. The third-order valence-electron chi connectivity index (χ3n) is 3.38. The number of benzene rings is 2. The van der Waals surface area contributed by atoms with E-state index < -0.39 is 0 Å². The third kappa shape index (κ3) is 3.05. The fraction of sp³-hybridized carbons (Fsp3) is 0.235. The van der Waals surface area contributed by atoms with Gasteiger partial charge in [0.05, 0.1) is 5.02 Å². The molecule has 2 aromatic carbocycles. The summed E-state index contributed by atoms with van der Waals surface area (Å²) in [5.41, 5.74) is 3.35. The molecule has 0 amide bonds. The van der Waals surface area contributed by atoms with Gasteiger partial charge in [0.15, 0.2) is 5.78 Å². The second-order valence-corrected chi connectivity index (χ2v) is 5.50. The molecule has 2 aromatic rings. The number of aryl methyl sites for hydroxylation is 2. The number of rotatable bonds is 4. The minimum atomic E-state index is -0.0651. The first-order valence-corrected chi connectivity index (χ1v) is 7.44. The van der Waals surface area contributed by atoms with Crippen molar-refractivity contribution in [3.63, 3.8) is 0 Å². The van der Waals surface area contributed by atoms with Crippen LogP contribution in [0.15, 0.2) is 36.4 Å². The maximum absolute atomic E-state index is 12.7. The molecule has 0 unspecified atom stereocenters. The van der Waals surface area contributed by atoms with E-state index in [0.29, 0.717) is 15.6 Å². The van der Waals surface area contributed by atoms with Crippen LogP contribution in [0.1, 0.15) is 40.9 Å². The van der Waals surface area contributed by atoms with Crippen molar-refractivity contribution in [1.82, 2.24) is 0 Å². The molecule has 0 aliphatic carbocycles. The lowest BCUT2D eigenvalue weighted by Crippen LogP contribution is -2.07. The SMILES string of the molecule is CCc1ccc(CC)c(C(=O)c2cc(Cl)ccc2Cl)c1. The Balaban J connectivity index is 2.54. The van der Waals surface area contributed by atoms with Crippen LogP contribution in [-0.2, 0) is 12.8 Å². The van der Waals surface area contributed by atoms with E-state index in [2.05, 4.69) is 13.0 Å². The van der Waals surface area contributed by atoms with Crippen LogP contribution in [0.4, 0.5) is 0 Å². The van der Waals surface area contributed by atoms with Gasteiger partial charge in [-0.2, -0.15) is 0 Å². The molecule has 0 aromatic heterocycles. The maximum Gasteiger partial charge on any atom is 0.194 e. The van der Waals surface area contributed by atoms with Crippen LogP contribution in [0, 0.1) is 0 Å². The summed E-state index contributed by atoms with van der Waals surface area (Å²) in [4.78, 5) is 12.7. The third-order valence-corrected chi connectivity index (χ3v) is 3.95. The predicted octanol–water partition coefficient (Wildman–Crippen LogP) is 5.35. The van der Waals surface area contributed by atoms with E-state index in [0.717, 1.165) is 29.5 Å². The topological polar surface area (TPSA) is 17.1 Å². The summed E-state index contributed by atoms with van der Waals surface area (Å²) < 4.78 is 0. The van der Waals surface area contributed by atoms with Gasteiger partial charge in [0.25, 0.3) is 0 Å².